The summed E-state index contributed by atoms with van der Waals surface area (Å²) < 4.78 is 0. The van der Waals surface area contributed by atoms with Crippen LogP contribution < -0.4 is 21.7 Å². The first-order valence-corrected chi connectivity index (χ1v) is 7.75. The molecule has 134 valence electrons. The van der Waals surface area contributed by atoms with Crippen molar-refractivity contribution in [2.45, 2.75) is 19.4 Å². The van der Waals surface area contributed by atoms with Gasteiger partial charge in [-0.25, -0.2) is 4.79 Å². The van der Waals surface area contributed by atoms with E-state index < -0.39 is 18.0 Å². The van der Waals surface area contributed by atoms with Crippen molar-refractivity contribution in [3.8, 4) is 0 Å². The molecule has 0 spiro atoms. The van der Waals surface area contributed by atoms with Gasteiger partial charge in [0.05, 0.1) is 6.54 Å². The van der Waals surface area contributed by atoms with Gasteiger partial charge in [-0.05, 0) is 37.6 Å². The van der Waals surface area contributed by atoms with Gasteiger partial charge in [-0.15, -0.1) is 0 Å². The van der Waals surface area contributed by atoms with Crippen molar-refractivity contribution in [3.63, 3.8) is 0 Å². The quantitative estimate of drug-likeness (QED) is 0.432. The Kier molecular flexibility index (Phi) is 5.96. The summed E-state index contributed by atoms with van der Waals surface area (Å²) in [7, 11) is 0. The van der Waals surface area contributed by atoms with E-state index >= 15 is 0 Å². The molecule has 0 unspecified atom stereocenters. The number of fused-ring (bicyclic) bond motifs is 1. The molecular formula is C16H21N5O4. The van der Waals surface area contributed by atoms with E-state index in [9.17, 15) is 14.4 Å². The monoisotopic (exact) mass is 347 g/mol. The van der Waals surface area contributed by atoms with Crippen molar-refractivity contribution in [2.75, 3.05) is 18.4 Å². The number of hydrogen-bond acceptors (Lipinski definition) is 4. The largest absolute Gasteiger partial charge is 0.465 e. The Bertz CT molecular complexity index is 786. The summed E-state index contributed by atoms with van der Waals surface area (Å²) in [4.78, 5) is 37.6. The van der Waals surface area contributed by atoms with Crippen molar-refractivity contribution < 1.29 is 19.5 Å². The molecule has 0 fully saturated rings. The van der Waals surface area contributed by atoms with Crippen LogP contribution in [0.15, 0.2) is 24.3 Å². The Morgan fingerprint density at radius 2 is 2.04 bits per heavy atom. The Hall–Kier alpha value is -3.07. The second-order valence-electron chi connectivity index (χ2n) is 5.59. The molecule has 2 aromatic rings. The van der Waals surface area contributed by atoms with Crippen LogP contribution in [0.5, 0.6) is 0 Å². The van der Waals surface area contributed by atoms with Gasteiger partial charge in [-0.2, -0.15) is 0 Å². The average molecular weight is 347 g/mol. The zero-order chi connectivity index (χ0) is 18.4. The molecule has 0 saturated heterocycles. The van der Waals surface area contributed by atoms with Gasteiger partial charge < -0.3 is 31.8 Å². The van der Waals surface area contributed by atoms with Crippen molar-refractivity contribution in [2.24, 2.45) is 5.73 Å². The molecule has 25 heavy (non-hydrogen) atoms. The molecule has 9 heteroatoms. The summed E-state index contributed by atoms with van der Waals surface area (Å²) in [5.41, 5.74) is 7.67. The van der Waals surface area contributed by atoms with Gasteiger partial charge in [-0.1, -0.05) is 0 Å². The number of aryl methyl sites for hydroxylation is 1. The first kappa shape index (κ1) is 18.3. The molecule has 3 amide bonds. The fraction of sp³-hybridized carbons (Fsp3) is 0.312. The average Bonchev–Trinajstić information content (AvgIpc) is 2.92. The fourth-order valence-corrected chi connectivity index (χ4v) is 2.43. The molecule has 0 aliphatic rings. The number of nitrogens with two attached hydrogens (primary N) is 1. The van der Waals surface area contributed by atoms with Crippen LogP contribution in [0, 0.1) is 6.92 Å². The molecule has 0 radical (unpaired) electrons. The van der Waals surface area contributed by atoms with E-state index in [2.05, 4.69) is 20.9 Å². The predicted molar refractivity (Wildman–Crippen MR) is 93.3 cm³/mol. The number of aromatic nitrogens is 1. The Morgan fingerprint density at radius 1 is 1.28 bits per heavy atom. The first-order chi connectivity index (χ1) is 11.9. The Morgan fingerprint density at radius 3 is 2.72 bits per heavy atom. The van der Waals surface area contributed by atoms with Gasteiger partial charge in [0.1, 0.15) is 6.04 Å². The van der Waals surface area contributed by atoms with Crippen LogP contribution in [0.3, 0.4) is 0 Å². The standard InChI is InChI=1S/C16H21N5O4/c1-9-6-10-7-11(2-3-12(10)19-9)20-15(23)13(21-16(24)25)4-5-18-14(22)8-17/h2-3,6-7,13,19,21H,4-5,8,17H2,1H3,(H,18,22)(H,20,23)(H,24,25)/t13-/m0/s1. The highest BCUT2D eigenvalue weighted by molar-refractivity contribution is 5.98. The minimum absolute atomic E-state index is 0.107. The van der Waals surface area contributed by atoms with Gasteiger partial charge in [0.25, 0.3) is 0 Å². The number of benzene rings is 1. The molecule has 2 rings (SSSR count). The molecule has 7 N–H and O–H groups in total. The van der Waals surface area contributed by atoms with Gasteiger partial charge in [-0.3, -0.25) is 9.59 Å². The number of hydrogen-bond donors (Lipinski definition) is 6. The molecule has 1 atom stereocenters. The number of amides is 3. The lowest BCUT2D eigenvalue weighted by Gasteiger charge is -2.17. The van der Waals surface area contributed by atoms with Gasteiger partial charge in [0.15, 0.2) is 0 Å². The third-order valence-corrected chi connectivity index (χ3v) is 3.58. The zero-order valence-corrected chi connectivity index (χ0v) is 13.8. The Labute approximate surface area is 144 Å². The van der Waals surface area contributed by atoms with E-state index in [4.69, 9.17) is 10.8 Å². The number of carbonyl (C=O) groups excluding carboxylic acids is 2. The van der Waals surface area contributed by atoms with Crippen LogP contribution in [-0.4, -0.2) is 47.1 Å². The van der Waals surface area contributed by atoms with E-state index in [1.165, 1.54) is 0 Å². The highest BCUT2D eigenvalue weighted by Gasteiger charge is 2.20. The maximum atomic E-state index is 12.4. The highest BCUT2D eigenvalue weighted by Crippen LogP contribution is 2.20. The summed E-state index contributed by atoms with van der Waals surface area (Å²) in [5, 5.41) is 17.2. The molecule has 1 heterocycles. The van der Waals surface area contributed by atoms with Gasteiger partial charge in [0.2, 0.25) is 11.8 Å². The van der Waals surface area contributed by atoms with Crippen molar-refractivity contribution in [1.29, 1.82) is 0 Å². The predicted octanol–water partition coefficient (Wildman–Crippen LogP) is 0.516. The van der Waals surface area contributed by atoms with Gasteiger partial charge in [0, 0.05) is 28.8 Å². The number of carboxylic acid groups (broad SMARTS) is 1. The minimum Gasteiger partial charge on any atom is -0.465 e. The van der Waals surface area contributed by atoms with Crippen LogP contribution in [0.25, 0.3) is 10.9 Å². The van der Waals surface area contributed by atoms with Crippen molar-refractivity contribution in [3.05, 3.63) is 30.0 Å². The first-order valence-electron chi connectivity index (χ1n) is 7.75. The smallest absolute Gasteiger partial charge is 0.405 e. The normalized spacial score (nSPS) is 11.8. The van der Waals surface area contributed by atoms with Crippen LogP contribution >= 0.6 is 0 Å². The number of anilines is 1. The molecule has 0 aliphatic carbocycles. The molecule has 1 aromatic heterocycles. The van der Waals surface area contributed by atoms with Crippen LogP contribution in [0.2, 0.25) is 0 Å². The number of H-pyrrole nitrogens is 1. The number of rotatable bonds is 7. The second-order valence-corrected chi connectivity index (χ2v) is 5.59. The minimum atomic E-state index is -1.32. The van der Waals surface area contributed by atoms with E-state index in [0.717, 1.165) is 16.6 Å². The lowest BCUT2D eigenvalue weighted by molar-refractivity contribution is -0.121. The van der Waals surface area contributed by atoms with E-state index in [0.29, 0.717) is 5.69 Å². The van der Waals surface area contributed by atoms with Gasteiger partial charge >= 0.3 is 6.09 Å². The maximum Gasteiger partial charge on any atom is 0.405 e. The molecule has 0 bridgehead atoms. The van der Waals surface area contributed by atoms with Crippen LogP contribution in [-0.2, 0) is 9.59 Å². The molecule has 9 nitrogen and oxygen atoms in total. The third kappa shape index (κ3) is 5.21. The molecular weight excluding hydrogens is 326 g/mol. The zero-order valence-electron chi connectivity index (χ0n) is 13.8. The summed E-state index contributed by atoms with van der Waals surface area (Å²) in [5.74, 6) is -0.876. The second kappa shape index (κ2) is 8.15. The topological polar surface area (TPSA) is 149 Å². The highest BCUT2D eigenvalue weighted by atomic mass is 16.4. The molecule has 0 saturated carbocycles. The summed E-state index contributed by atoms with van der Waals surface area (Å²) in [6.45, 7) is 1.89. The van der Waals surface area contributed by atoms with E-state index in [1.807, 2.05) is 19.1 Å². The third-order valence-electron chi connectivity index (χ3n) is 3.58. The van der Waals surface area contributed by atoms with Crippen molar-refractivity contribution in [1.82, 2.24) is 15.6 Å². The summed E-state index contributed by atoms with van der Waals surface area (Å²) in [6.07, 6.45) is -1.21. The van der Waals surface area contributed by atoms with Crippen molar-refractivity contribution >= 4 is 34.5 Å². The molecule has 0 aliphatic heterocycles. The number of carbonyl (C=O) groups is 3. The lowest BCUT2D eigenvalue weighted by atomic mass is 10.1. The summed E-state index contributed by atoms with van der Waals surface area (Å²) in [6, 6.07) is 6.30. The fourth-order valence-electron chi connectivity index (χ4n) is 2.43. The molecule has 1 aromatic carbocycles. The number of nitrogens with one attached hydrogen (secondary N) is 4. The number of aromatic amines is 1. The Balaban J connectivity index is 2.03. The lowest BCUT2D eigenvalue weighted by Crippen LogP contribution is -2.45. The summed E-state index contributed by atoms with van der Waals surface area (Å²) >= 11 is 0. The SMILES string of the molecule is Cc1cc2cc(NC(=O)[C@H](CCNC(=O)CN)NC(=O)O)ccc2[nH]1. The van der Waals surface area contributed by atoms with Crippen LogP contribution in [0.4, 0.5) is 10.5 Å². The van der Waals surface area contributed by atoms with E-state index in [-0.39, 0.29) is 25.4 Å². The van der Waals surface area contributed by atoms with Crippen LogP contribution in [0.1, 0.15) is 12.1 Å². The maximum absolute atomic E-state index is 12.4. The van der Waals surface area contributed by atoms with E-state index in [1.54, 1.807) is 12.1 Å².